The summed E-state index contributed by atoms with van der Waals surface area (Å²) in [5.41, 5.74) is 3.85. The molecule has 0 fully saturated rings. The van der Waals surface area contributed by atoms with Crippen molar-refractivity contribution in [3.8, 4) is 5.69 Å². The van der Waals surface area contributed by atoms with Crippen molar-refractivity contribution in [1.82, 2.24) is 4.57 Å². The number of carbonyl (C=O) groups is 1. The summed E-state index contributed by atoms with van der Waals surface area (Å²) >= 11 is 5.88. The second-order valence-electron chi connectivity index (χ2n) is 4.29. The lowest BCUT2D eigenvalue weighted by Crippen LogP contribution is -2.18. The van der Waals surface area contributed by atoms with Crippen molar-refractivity contribution < 1.29 is 9.90 Å². The smallest absolute Gasteiger partial charge is 0.0643 e. The van der Waals surface area contributed by atoms with Crippen LogP contribution in [0.15, 0.2) is 36.4 Å². The van der Waals surface area contributed by atoms with Crippen molar-refractivity contribution in [1.29, 1.82) is 0 Å². The van der Waals surface area contributed by atoms with Crippen molar-refractivity contribution in [3.05, 3.63) is 58.4 Å². The Morgan fingerprint density at radius 2 is 1.89 bits per heavy atom. The van der Waals surface area contributed by atoms with Crippen LogP contribution in [0.3, 0.4) is 0 Å². The summed E-state index contributed by atoms with van der Waals surface area (Å²) in [7, 11) is 0. The fourth-order valence-electron chi connectivity index (χ4n) is 2.10. The molecule has 0 aliphatic heterocycles. The van der Waals surface area contributed by atoms with E-state index in [9.17, 15) is 9.90 Å². The van der Waals surface area contributed by atoms with Crippen LogP contribution in [-0.2, 0) is 4.79 Å². The van der Waals surface area contributed by atoms with Gasteiger partial charge in [0, 0.05) is 22.1 Å². The van der Waals surface area contributed by atoms with E-state index in [1.807, 2.05) is 48.7 Å². The topological polar surface area (TPSA) is 45.1 Å². The van der Waals surface area contributed by atoms with E-state index in [0.29, 0.717) is 5.02 Å². The van der Waals surface area contributed by atoms with Crippen LogP contribution in [0.1, 0.15) is 17.0 Å². The largest absolute Gasteiger partial charge is 0.545 e. The number of rotatable bonds is 3. The van der Waals surface area contributed by atoms with Crippen LogP contribution in [0.25, 0.3) is 11.8 Å². The summed E-state index contributed by atoms with van der Waals surface area (Å²) < 4.78 is 2.05. The summed E-state index contributed by atoms with van der Waals surface area (Å²) in [6.45, 7) is 3.91. The first kappa shape index (κ1) is 13.4. The van der Waals surface area contributed by atoms with Crippen molar-refractivity contribution >= 4 is 23.6 Å². The van der Waals surface area contributed by atoms with Gasteiger partial charge in [0.15, 0.2) is 0 Å². The molecule has 98 valence electrons. The molecule has 0 spiro atoms. The molecule has 19 heavy (non-hydrogen) atoms. The van der Waals surface area contributed by atoms with Gasteiger partial charge in [0.1, 0.15) is 0 Å². The van der Waals surface area contributed by atoms with E-state index in [4.69, 9.17) is 11.6 Å². The third kappa shape index (κ3) is 2.88. The molecular weight excluding hydrogens is 262 g/mol. The van der Waals surface area contributed by atoms with Gasteiger partial charge in [-0.25, -0.2) is 0 Å². The number of hydrogen-bond donors (Lipinski definition) is 0. The molecule has 0 radical (unpaired) electrons. The Labute approximate surface area is 116 Å². The predicted octanol–water partition coefficient (Wildman–Crippen LogP) is 2.51. The molecule has 0 saturated carbocycles. The van der Waals surface area contributed by atoms with Crippen LogP contribution in [0, 0.1) is 13.8 Å². The van der Waals surface area contributed by atoms with Gasteiger partial charge < -0.3 is 14.5 Å². The van der Waals surface area contributed by atoms with E-state index < -0.39 is 5.97 Å². The molecule has 1 heterocycles. The van der Waals surface area contributed by atoms with E-state index in [2.05, 4.69) is 0 Å². The van der Waals surface area contributed by atoms with Crippen LogP contribution in [-0.4, -0.2) is 10.5 Å². The Hall–Kier alpha value is -2.00. The summed E-state index contributed by atoms with van der Waals surface area (Å²) in [5, 5.41) is 11.1. The summed E-state index contributed by atoms with van der Waals surface area (Å²) in [4.78, 5) is 10.5. The van der Waals surface area contributed by atoms with Gasteiger partial charge in [-0.15, -0.1) is 0 Å². The molecule has 0 unspecified atom stereocenters. The number of carboxylic acid groups (broad SMARTS) is 1. The zero-order valence-electron chi connectivity index (χ0n) is 10.7. The zero-order valence-corrected chi connectivity index (χ0v) is 11.4. The van der Waals surface area contributed by atoms with Gasteiger partial charge in [0.25, 0.3) is 0 Å². The highest BCUT2D eigenvalue weighted by molar-refractivity contribution is 6.30. The number of nitrogens with zero attached hydrogens (tertiary/aromatic N) is 1. The number of hydrogen-bond acceptors (Lipinski definition) is 2. The fraction of sp³-hybridized carbons (Fsp3) is 0.133. The first-order valence-electron chi connectivity index (χ1n) is 5.83. The molecule has 1 aromatic heterocycles. The van der Waals surface area contributed by atoms with Crippen LogP contribution >= 0.6 is 11.6 Å². The second kappa shape index (κ2) is 5.33. The molecule has 0 saturated heterocycles. The molecule has 4 heteroatoms. The molecule has 3 nitrogen and oxygen atoms in total. The number of carboxylic acids is 1. The first-order valence-corrected chi connectivity index (χ1v) is 6.21. The summed E-state index contributed by atoms with van der Waals surface area (Å²) in [6.07, 6.45) is 2.58. The minimum Gasteiger partial charge on any atom is -0.545 e. The lowest BCUT2D eigenvalue weighted by atomic mass is 10.2. The van der Waals surface area contributed by atoms with Crippen molar-refractivity contribution in [2.24, 2.45) is 0 Å². The van der Waals surface area contributed by atoms with Crippen molar-refractivity contribution in [2.75, 3.05) is 0 Å². The normalized spacial score (nSPS) is 11.1. The second-order valence-corrected chi connectivity index (χ2v) is 4.73. The van der Waals surface area contributed by atoms with E-state index in [1.165, 1.54) is 0 Å². The molecular formula is C15H13ClNO2-. The van der Waals surface area contributed by atoms with Crippen LogP contribution < -0.4 is 5.11 Å². The molecule has 2 rings (SSSR count). The van der Waals surface area contributed by atoms with Gasteiger partial charge in [0.2, 0.25) is 0 Å². The standard InChI is InChI=1S/C15H14ClNO2/c1-10-9-12(3-8-15(18)19)11(2)17(10)14-6-4-13(16)5-7-14/h3-9H,1-2H3,(H,18,19)/p-1/b8-3+. The van der Waals surface area contributed by atoms with Crippen LogP contribution in [0.5, 0.6) is 0 Å². The Kier molecular flexibility index (Phi) is 3.76. The van der Waals surface area contributed by atoms with Gasteiger partial charge in [-0.2, -0.15) is 0 Å². The third-order valence-electron chi connectivity index (χ3n) is 2.95. The fourth-order valence-corrected chi connectivity index (χ4v) is 2.23. The van der Waals surface area contributed by atoms with E-state index in [1.54, 1.807) is 6.08 Å². The summed E-state index contributed by atoms with van der Waals surface area (Å²) in [6, 6.07) is 9.44. The third-order valence-corrected chi connectivity index (χ3v) is 3.21. The maximum atomic E-state index is 10.5. The summed E-state index contributed by atoms with van der Waals surface area (Å²) in [5.74, 6) is -1.20. The highest BCUT2D eigenvalue weighted by atomic mass is 35.5. The number of aryl methyl sites for hydroxylation is 1. The van der Waals surface area contributed by atoms with Gasteiger partial charge >= 0.3 is 0 Å². The minimum atomic E-state index is -1.20. The molecule has 0 atom stereocenters. The van der Waals surface area contributed by atoms with Gasteiger partial charge in [0.05, 0.1) is 5.97 Å². The lowest BCUT2D eigenvalue weighted by Gasteiger charge is -2.09. The minimum absolute atomic E-state index is 0.684. The molecule has 1 aromatic carbocycles. The molecule has 0 N–H and O–H groups in total. The van der Waals surface area contributed by atoms with E-state index in [0.717, 1.165) is 28.7 Å². The van der Waals surface area contributed by atoms with Gasteiger partial charge in [-0.3, -0.25) is 0 Å². The van der Waals surface area contributed by atoms with Crippen LogP contribution in [0.4, 0.5) is 0 Å². The Morgan fingerprint density at radius 3 is 2.47 bits per heavy atom. The zero-order chi connectivity index (χ0) is 14.0. The predicted molar refractivity (Wildman–Crippen MR) is 74.3 cm³/mol. The first-order chi connectivity index (χ1) is 8.99. The Bertz CT molecular complexity index is 639. The molecule has 2 aromatic rings. The average Bonchev–Trinajstić information content (AvgIpc) is 2.63. The maximum absolute atomic E-state index is 10.5. The quantitative estimate of drug-likeness (QED) is 0.808. The highest BCUT2D eigenvalue weighted by Gasteiger charge is 2.08. The lowest BCUT2D eigenvalue weighted by molar-refractivity contribution is -0.297. The molecule has 0 aliphatic carbocycles. The highest BCUT2D eigenvalue weighted by Crippen LogP contribution is 2.22. The number of aromatic nitrogens is 1. The van der Waals surface area contributed by atoms with Crippen LogP contribution in [0.2, 0.25) is 5.02 Å². The number of aliphatic carboxylic acids is 1. The maximum Gasteiger partial charge on any atom is 0.0643 e. The monoisotopic (exact) mass is 274 g/mol. The van der Waals surface area contributed by atoms with Gasteiger partial charge in [-0.1, -0.05) is 17.7 Å². The number of halogens is 1. The van der Waals surface area contributed by atoms with E-state index in [-0.39, 0.29) is 0 Å². The van der Waals surface area contributed by atoms with E-state index >= 15 is 0 Å². The van der Waals surface area contributed by atoms with Crippen molar-refractivity contribution in [3.63, 3.8) is 0 Å². The number of benzene rings is 1. The SMILES string of the molecule is Cc1cc(/C=C/C(=O)[O-])c(C)n1-c1ccc(Cl)cc1. The molecule has 0 aliphatic rings. The molecule has 0 amide bonds. The molecule has 0 bridgehead atoms. The van der Waals surface area contributed by atoms with Crippen molar-refractivity contribution in [2.45, 2.75) is 13.8 Å². The Morgan fingerprint density at radius 1 is 1.26 bits per heavy atom. The number of carbonyl (C=O) groups excluding carboxylic acids is 1. The van der Waals surface area contributed by atoms with Gasteiger partial charge in [-0.05, 0) is 55.8 Å². The average molecular weight is 275 g/mol. The Balaban J connectivity index is 2.47.